The molecule has 1 N–H and O–H groups in total. The van der Waals surface area contributed by atoms with Crippen LogP contribution in [0.15, 0.2) is 36.5 Å². The van der Waals surface area contributed by atoms with Crippen LogP contribution in [0, 0.1) is 0 Å². The maximum atomic E-state index is 5.66. The van der Waals surface area contributed by atoms with Crippen molar-refractivity contribution in [2.24, 2.45) is 7.05 Å². The highest BCUT2D eigenvalue weighted by atomic mass is 16.5. The maximum Gasteiger partial charge on any atom is 0.148 e. The minimum absolute atomic E-state index is 0.198. The van der Waals surface area contributed by atoms with Crippen molar-refractivity contribution < 1.29 is 4.74 Å². The predicted molar refractivity (Wildman–Crippen MR) is 72.7 cm³/mol. The van der Waals surface area contributed by atoms with Crippen LogP contribution in [-0.4, -0.2) is 15.9 Å². The summed E-state index contributed by atoms with van der Waals surface area (Å²) < 4.78 is 7.44. The highest BCUT2D eigenvalue weighted by Crippen LogP contribution is 2.15. The molecule has 1 aromatic carbocycles. The molecule has 4 nitrogen and oxygen atoms in total. The number of aryl methyl sites for hydroxylation is 1. The van der Waals surface area contributed by atoms with Crippen molar-refractivity contribution in [3.8, 4) is 5.75 Å². The summed E-state index contributed by atoms with van der Waals surface area (Å²) in [5.41, 5.74) is 1.18. The molecule has 0 unspecified atom stereocenters. The van der Waals surface area contributed by atoms with E-state index >= 15 is 0 Å². The van der Waals surface area contributed by atoms with E-state index in [2.05, 4.69) is 22.5 Å². The smallest absolute Gasteiger partial charge is 0.148 e. The molecule has 4 heteroatoms. The van der Waals surface area contributed by atoms with E-state index in [0.29, 0.717) is 0 Å². The van der Waals surface area contributed by atoms with E-state index in [4.69, 9.17) is 4.74 Å². The highest BCUT2D eigenvalue weighted by molar-refractivity contribution is 5.36. The van der Waals surface area contributed by atoms with Crippen molar-refractivity contribution in [3.63, 3.8) is 0 Å². The summed E-state index contributed by atoms with van der Waals surface area (Å²) in [5.74, 6) is 1.79. The second-order valence-electron chi connectivity index (χ2n) is 4.54. The predicted octanol–water partition coefficient (Wildman–Crippen LogP) is 2.82. The molecule has 0 saturated carbocycles. The van der Waals surface area contributed by atoms with Gasteiger partial charge in [0, 0.05) is 25.9 Å². The Morgan fingerprint density at radius 2 is 2.17 bits per heavy atom. The number of anilines is 1. The fraction of sp³-hybridized carbons (Fsp3) is 0.357. The summed E-state index contributed by atoms with van der Waals surface area (Å²) in [6, 6.07) is 10.1. The molecular formula is C14H19N3O. The van der Waals surface area contributed by atoms with Gasteiger partial charge in [0.2, 0.25) is 0 Å². The van der Waals surface area contributed by atoms with Gasteiger partial charge in [-0.25, -0.2) is 0 Å². The molecule has 2 aromatic rings. The molecule has 0 aliphatic rings. The van der Waals surface area contributed by atoms with Gasteiger partial charge < -0.3 is 10.1 Å². The molecule has 2 rings (SSSR count). The van der Waals surface area contributed by atoms with Gasteiger partial charge in [0.05, 0.1) is 6.10 Å². The third kappa shape index (κ3) is 3.52. The van der Waals surface area contributed by atoms with Crippen LogP contribution in [0.25, 0.3) is 0 Å². The maximum absolute atomic E-state index is 5.66. The molecule has 0 bridgehead atoms. The summed E-state index contributed by atoms with van der Waals surface area (Å²) in [4.78, 5) is 0. The first kappa shape index (κ1) is 12.5. The average Bonchev–Trinajstić information content (AvgIpc) is 2.72. The monoisotopic (exact) mass is 245 g/mol. The fourth-order valence-electron chi connectivity index (χ4n) is 1.70. The molecule has 96 valence electrons. The standard InChI is InChI=1S/C14H19N3O/c1-11(2)18-13-6-4-5-12(9-13)10-15-14-7-8-17(3)16-14/h4-9,11H,10H2,1-3H3,(H,15,16). The molecular weight excluding hydrogens is 226 g/mol. The zero-order valence-electron chi connectivity index (χ0n) is 11.1. The van der Waals surface area contributed by atoms with E-state index < -0.39 is 0 Å². The first-order chi connectivity index (χ1) is 8.63. The van der Waals surface area contributed by atoms with Crippen molar-refractivity contribution in [1.82, 2.24) is 9.78 Å². The molecule has 0 saturated heterocycles. The SMILES string of the molecule is CC(C)Oc1cccc(CNc2ccn(C)n2)c1. The van der Waals surface area contributed by atoms with E-state index in [1.165, 1.54) is 5.56 Å². The van der Waals surface area contributed by atoms with Crippen molar-refractivity contribution in [1.29, 1.82) is 0 Å². The third-order valence-electron chi connectivity index (χ3n) is 2.46. The van der Waals surface area contributed by atoms with Crippen molar-refractivity contribution in [2.45, 2.75) is 26.5 Å². The zero-order chi connectivity index (χ0) is 13.0. The molecule has 18 heavy (non-hydrogen) atoms. The van der Waals surface area contributed by atoms with Gasteiger partial charge in [-0.3, -0.25) is 4.68 Å². The third-order valence-corrected chi connectivity index (χ3v) is 2.46. The van der Waals surface area contributed by atoms with Crippen LogP contribution in [0.3, 0.4) is 0 Å². The van der Waals surface area contributed by atoms with Crippen LogP contribution in [-0.2, 0) is 13.6 Å². The molecule has 0 radical (unpaired) electrons. The number of benzene rings is 1. The number of hydrogen-bond donors (Lipinski definition) is 1. The lowest BCUT2D eigenvalue weighted by molar-refractivity contribution is 0.242. The Labute approximate surface area is 108 Å². The Morgan fingerprint density at radius 3 is 2.83 bits per heavy atom. The number of nitrogens with zero attached hydrogens (tertiary/aromatic N) is 2. The minimum atomic E-state index is 0.198. The molecule has 1 aromatic heterocycles. The molecule has 0 atom stereocenters. The van der Waals surface area contributed by atoms with Crippen molar-refractivity contribution >= 4 is 5.82 Å². The van der Waals surface area contributed by atoms with E-state index in [1.807, 2.05) is 45.3 Å². The Balaban J connectivity index is 1.96. The zero-order valence-corrected chi connectivity index (χ0v) is 11.1. The van der Waals surface area contributed by atoms with Crippen LogP contribution >= 0.6 is 0 Å². The summed E-state index contributed by atoms with van der Waals surface area (Å²) in [6.07, 6.45) is 2.12. The van der Waals surface area contributed by atoms with Gasteiger partial charge >= 0.3 is 0 Å². The van der Waals surface area contributed by atoms with Crippen molar-refractivity contribution in [2.75, 3.05) is 5.32 Å². The Morgan fingerprint density at radius 1 is 1.33 bits per heavy atom. The Bertz CT molecular complexity index is 505. The van der Waals surface area contributed by atoms with Gasteiger partial charge in [-0.2, -0.15) is 5.10 Å². The van der Waals surface area contributed by atoms with Crippen LogP contribution < -0.4 is 10.1 Å². The number of aromatic nitrogens is 2. The Hall–Kier alpha value is -1.97. The van der Waals surface area contributed by atoms with Gasteiger partial charge in [0.25, 0.3) is 0 Å². The quantitative estimate of drug-likeness (QED) is 0.880. The lowest BCUT2D eigenvalue weighted by atomic mass is 10.2. The van der Waals surface area contributed by atoms with E-state index in [-0.39, 0.29) is 6.10 Å². The topological polar surface area (TPSA) is 39.1 Å². The fourth-order valence-corrected chi connectivity index (χ4v) is 1.70. The molecule has 1 heterocycles. The number of ether oxygens (including phenoxy) is 1. The lowest BCUT2D eigenvalue weighted by Gasteiger charge is -2.11. The van der Waals surface area contributed by atoms with Gasteiger partial charge in [-0.1, -0.05) is 12.1 Å². The van der Waals surface area contributed by atoms with Crippen LogP contribution in [0.2, 0.25) is 0 Å². The molecule has 0 amide bonds. The second kappa shape index (κ2) is 5.58. The number of hydrogen-bond acceptors (Lipinski definition) is 3. The van der Waals surface area contributed by atoms with Gasteiger partial charge in [0.1, 0.15) is 11.6 Å². The second-order valence-corrected chi connectivity index (χ2v) is 4.54. The van der Waals surface area contributed by atoms with E-state index in [0.717, 1.165) is 18.1 Å². The summed E-state index contributed by atoms with van der Waals surface area (Å²) >= 11 is 0. The summed E-state index contributed by atoms with van der Waals surface area (Å²) in [6.45, 7) is 4.80. The largest absolute Gasteiger partial charge is 0.491 e. The summed E-state index contributed by atoms with van der Waals surface area (Å²) in [5, 5.41) is 7.55. The number of nitrogens with one attached hydrogen (secondary N) is 1. The highest BCUT2D eigenvalue weighted by Gasteiger charge is 2.00. The Kier molecular flexibility index (Phi) is 3.87. The van der Waals surface area contributed by atoms with E-state index in [9.17, 15) is 0 Å². The van der Waals surface area contributed by atoms with Crippen molar-refractivity contribution in [3.05, 3.63) is 42.1 Å². The van der Waals surface area contributed by atoms with Gasteiger partial charge in [-0.05, 0) is 31.5 Å². The molecule has 0 fully saturated rings. The van der Waals surface area contributed by atoms with Crippen LogP contribution in [0.4, 0.5) is 5.82 Å². The normalized spacial score (nSPS) is 10.7. The lowest BCUT2D eigenvalue weighted by Crippen LogP contribution is -2.06. The van der Waals surface area contributed by atoms with Gasteiger partial charge in [0.15, 0.2) is 0 Å². The van der Waals surface area contributed by atoms with Crippen LogP contribution in [0.1, 0.15) is 19.4 Å². The molecule has 0 aliphatic carbocycles. The van der Waals surface area contributed by atoms with Crippen LogP contribution in [0.5, 0.6) is 5.75 Å². The summed E-state index contributed by atoms with van der Waals surface area (Å²) in [7, 11) is 1.91. The number of rotatable bonds is 5. The first-order valence-corrected chi connectivity index (χ1v) is 6.12. The van der Waals surface area contributed by atoms with E-state index in [1.54, 1.807) is 4.68 Å². The average molecular weight is 245 g/mol. The molecule has 0 aliphatic heterocycles. The minimum Gasteiger partial charge on any atom is -0.491 e. The van der Waals surface area contributed by atoms with Gasteiger partial charge in [-0.15, -0.1) is 0 Å². The molecule has 0 spiro atoms. The first-order valence-electron chi connectivity index (χ1n) is 6.12.